The molecule has 2 aromatic rings. The van der Waals surface area contributed by atoms with Crippen LogP contribution in [-0.2, 0) is 17.8 Å². The molecule has 1 aromatic heterocycles. The quantitative estimate of drug-likeness (QED) is 0.921. The lowest BCUT2D eigenvalue weighted by Crippen LogP contribution is -2.19. The highest BCUT2D eigenvalue weighted by molar-refractivity contribution is 5.77. The van der Waals surface area contributed by atoms with Gasteiger partial charge in [-0.15, -0.1) is 0 Å². The van der Waals surface area contributed by atoms with E-state index in [4.69, 9.17) is 15.5 Å². The fourth-order valence-corrected chi connectivity index (χ4v) is 2.91. The van der Waals surface area contributed by atoms with Crippen LogP contribution < -0.4 is 5.73 Å². The van der Waals surface area contributed by atoms with Crippen molar-refractivity contribution >= 4 is 11.0 Å². The molecule has 4 heteroatoms. The highest BCUT2D eigenvalue weighted by Crippen LogP contribution is 2.28. The third-order valence-corrected chi connectivity index (χ3v) is 3.92. The third-order valence-electron chi connectivity index (χ3n) is 3.92. The highest BCUT2D eigenvalue weighted by Gasteiger charge is 2.22. The summed E-state index contributed by atoms with van der Waals surface area (Å²) in [5, 5.41) is 0. The van der Waals surface area contributed by atoms with Gasteiger partial charge in [-0.2, -0.15) is 0 Å². The molecule has 0 saturated carbocycles. The summed E-state index contributed by atoms with van der Waals surface area (Å²) in [7, 11) is 0. The molecule has 1 aliphatic rings. The van der Waals surface area contributed by atoms with Gasteiger partial charge >= 0.3 is 0 Å². The van der Waals surface area contributed by atoms with Gasteiger partial charge in [0.05, 0.1) is 17.6 Å². The van der Waals surface area contributed by atoms with Gasteiger partial charge in [0.2, 0.25) is 0 Å². The number of ether oxygens (including phenoxy) is 1. The second-order valence-electron chi connectivity index (χ2n) is 5.16. The van der Waals surface area contributed by atoms with Crippen LogP contribution in [0.25, 0.3) is 11.0 Å². The lowest BCUT2D eigenvalue weighted by molar-refractivity contribution is 0.0772. The van der Waals surface area contributed by atoms with Gasteiger partial charge in [-0.3, -0.25) is 0 Å². The molecule has 1 atom stereocenters. The van der Waals surface area contributed by atoms with E-state index in [-0.39, 0.29) is 0 Å². The van der Waals surface area contributed by atoms with E-state index in [1.54, 1.807) is 0 Å². The average molecular weight is 259 g/mol. The van der Waals surface area contributed by atoms with Gasteiger partial charge in [0.1, 0.15) is 5.82 Å². The van der Waals surface area contributed by atoms with Crippen LogP contribution in [-0.4, -0.2) is 22.8 Å². The normalized spacial score (nSPS) is 20.0. The first-order valence-corrected chi connectivity index (χ1v) is 7.10. The number of aromatic nitrogens is 2. The summed E-state index contributed by atoms with van der Waals surface area (Å²) < 4.78 is 7.92. The Bertz CT molecular complexity index is 570. The first-order chi connectivity index (χ1) is 9.33. The number of imidazole rings is 1. The Morgan fingerprint density at radius 3 is 3.05 bits per heavy atom. The molecule has 0 bridgehead atoms. The van der Waals surface area contributed by atoms with Crippen LogP contribution in [0.3, 0.4) is 0 Å². The van der Waals surface area contributed by atoms with Crippen LogP contribution in [0, 0.1) is 0 Å². The Morgan fingerprint density at radius 1 is 1.47 bits per heavy atom. The fourth-order valence-electron chi connectivity index (χ4n) is 2.91. The lowest BCUT2D eigenvalue weighted by Gasteiger charge is -2.22. The minimum absolute atomic E-state index is 0.433. The molecule has 1 saturated heterocycles. The standard InChI is InChI=1S/C15H21N3O/c1-2-18-14-6-5-11(9-16)8-13(14)17-15(18)12-4-3-7-19-10-12/h5-6,8,12H,2-4,7,9-10,16H2,1H3. The summed E-state index contributed by atoms with van der Waals surface area (Å²) in [5.74, 6) is 1.61. The van der Waals surface area contributed by atoms with Crippen molar-refractivity contribution in [2.45, 2.75) is 38.8 Å². The van der Waals surface area contributed by atoms with Gasteiger partial charge in [0.15, 0.2) is 0 Å². The van der Waals surface area contributed by atoms with E-state index in [9.17, 15) is 0 Å². The average Bonchev–Trinajstić information content (AvgIpc) is 2.85. The van der Waals surface area contributed by atoms with Crippen LogP contribution in [0.5, 0.6) is 0 Å². The number of nitrogens with zero attached hydrogens (tertiary/aromatic N) is 2. The third kappa shape index (κ3) is 2.26. The van der Waals surface area contributed by atoms with Crippen molar-refractivity contribution < 1.29 is 4.74 Å². The van der Waals surface area contributed by atoms with Crippen molar-refractivity contribution in [3.05, 3.63) is 29.6 Å². The second kappa shape index (κ2) is 5.31. The summed E-state index contributed by atoms with van der Waals surface area (Å²) in [5.41, 5.74) is 9.11. The monoisotopic (exact) mass is 259 g/mol. The van der Waals surface area contributed by atoms with Gasteiger partial charge in [-0.25, -0.2) is 4.98 Å². The topological polar surface area (TPSA) is 53.1 Å². The molecule has 0 radical (unpaired) electrons. The number of hydrogen-bond donors (Lipinski definition) is 1. The summed E-state index contributed by atoms with van der Waals surface area (Å²) in [6.45, 7) is 5.37. The van der Waals surface area contributed by atoms with Crippen molar-refractivity contribution in [1.29, 1.82) is 0 Å². The Labute approximate surface area is 113 Å². The van der Waals surface area contributed by atoms with E-state index < -0.39 is 0 Å². The Morgan fingerprint density at radius 2 is 2.37 bits per heavy atom. The fraction of sp³-hybridized carbons (Fsp3) is 0.533. The summed E-state index contributed by atoms with van der Waals surface area (Å²) >= 11 is 0. The molecule has 1 unspecified atom stereocenters. The maximum atomic E-state index is 5.71. The van der Waals surface area contributed by atoms with E-state index in [1.165, 1.54) is 17.8 Å². The first-order valence-electron chi connectivity index (χ1n) is 7.10. The van der Waals surface area contributed by atoms with E-state index in [0.29, 0.717) is 12.5 Å². The van der Waals surface area contributed by atoms with Crippen molar-refractivity contribution in [3.8, 4) is 0 Å². The second-order valence-corrected chi connectivity index (χ2v) is 5.16. The van der Waals surface area contributed by atoms with Gasteiger partial charge in [0.25, 0.3) is 0 Å². The predicted octanol–water partition coefficient (Wildman–Crippen LogP) is 2.41. The van der Waals surface area contributed by atoms with Crippen LogP contribution in [0.4, 0.5) is 0 Å². The zero-order valence-corrected chi connectivity index (χ0v) is 11.4. The van der Waals surface area contributed by atoms with Gasteiger partial charge in [-0.1, -0.05) is 6.07 Å². The number of nitrogens with two attached hydrogens (primary N) is 1. The predicted molar refractivity (Wildman–Crippen MR) is 76.1 cm³/mol. The van der Waals surface area contributed by atoms with E-state index in [0.717, 1.165) is 37.3 Å². The van der Waals surface area contributed by atoms with Crippen molar-refractivity contribution in [1.82, 2.24) is 9.55 Å². The van der Waals surface area contributed by atoms with Gasteiger partial charge < -0.3 is 15.0 Å². The molecular weight excluding hydrogens is 238 g/mol. The molecule has 1 aromatic carbocycles. The molecule has 0 aliphatic carbocycles. The molecule has 1 aliphatic heterocycles. The first kappa shape index (κ1) is 12.6. The molecule has 1 fully saturated rings. The summed E-state index contributed by atoms with van der Waals surface area (Å²) in [6, 6.07) is 6.34. The number of hydrogen-bond acceptors (Lipinski definition) is 3. The van der Waals surface area contributed by atoms with E-state index >= 15 is 0 Å². The van der Waals surface area contributed by atoms with Crippen molar-refractivity contribution in [2.75, 3.05) is 13.2 Å². The SMILES string of the molecule is CCn1c(C2CCCOC2)nc2cc(CN)ccc21. The Kier molecular flexibility index (Phi) is 3.53. The van der Waals surface area contributed by atoms with Crippen molar-refractivity contribution in [3.63, 3.8) is 0 Å². The Hall–Kier alpha value is -1.39. The largest absolute Gasteiger partial charge is 0.381 e. The number of aryl methyl sites for hydroxylation is 1. The lowest BCUT2D eigenvalue weighted by atomic mass is 10.0. The zero-order valence-electron chi connectivity index (χ0n) is 11.4. The molecule has 0 amide bonds. The van der Waals surface area contributed by atoms with Gasteiger partial charge in [0, 0.05) is 25.6 Å². The van der Waals surface area contributed by atoms with Gasteiger partial charge in [-0.05, 0) is 37.5 Å². The molecular formula is C15H21N3O. The summed E-state index contributed by atoms with van der Waals surface area (Å²) in [6.07, 6.45) is 2.30. The number of benzene rings is 1. The Balaban J connectivity index is 2.07. The maximum absolute atomic E-state index is 5.71. The van der Waals surface area contributed by atoms with Crippen LogP contribution >= 0.6 is 0 Å². The van der Waals surface area contributed by atoms with Crippen LogP contribution in [0.15, 0.2) is 18.2 Å². The van der Waals surface area contributed by atoms with Crippen LogP contribution in [0.1, 0.15) is 37.1 Å². The molecule has 3 rings (SSSR count). The molecule has 2 N–H and O–H groups in total. The highest BCUT2D eigenvalue weighted by atomic mass is 16.5. The van der Waals surface area contributed by atoms with E-state index in [1.807, 2.05) is 0 Å². The molecule has 19 heavy (non-hydrogen) atoms. The van der Waals surface area contributed by atoms with Crippen molar-refractivity contribution in [2.24, 2.45) is 5.73 Å². The van der Waals surface area contributed by atoms with Crippen LogP contribution in [0.2, 0.25) is 0 Å². The van der Waals surface area contributed by atoms with E-state index in [2.05, 4.69) is 29.7 Å². The minimum Gasteiger partial charge on any atom is -0.381 e. The minimum atomic E-state index is 0.433. The molecule has 0 spiro atoms. The maximum Gasteiger partial charge on any atom is 0.115 e. The number of rotatable bonds is 3. The summed E-state index contributed by atoms with van der Waals surface area (Å²) in [4.78, 5) is 4.84. The molecule has 2 heterocycles. The molecule has 4 nitrogen and oxygen atoms in total. The zero-order chi connectivity index (χ0) is 13.2. The smallest absolute Gasteiger partial charge is 0.115 e. The molecule has 102 valence electrons. The number of fused-ring (bicyclic) bond motifs is 1.